The fourth-order valence-electron chi connectivity index (χ4n) is 1.86. The summed E-state index contributed by atoms with van der Waals surface area (Å²) in [7, 11) is 1.51. The molecule has 0 saturated heterocycles. The lowest BCUT2D eigenvalue weighted by Crippen LogP contribution is -2.06. The molecule has 0 bridgehead atoms. The van der Waals surface area contributed by atoms with Crippen molar-refractivity contribution in [1.29, 1.82) is 0 Å². The van der Waals surface area contributed by atoms with Gasteiger partial charge in [-0.15, -0.1) is 4.98 Å². The average Bonchev–Trinajstić information content (AvgIpc) is 2.47. The number of hydrogen-bond acceptors (Lipinski definition) is 6. The van der Waals surface area contributed by atoms with Gasteiger partial charge in [-0.05, 0) is 24.5 Å². The number of nitrogens with zero attached hydrogens (tertiary/aromatic N) is 3. The Morgan fingerprint density at radius 2 is 1.81 bits per heavy atom. The highest BCUT2D eigenvalue weighted by Crippen LogP contribution is 2.29. The van der Waals surface area contributed by atoms with E-state index < -0.39 is 0 Å². The van der Waals surface area contributed by atoms with E-state index in [2.05, 4.69) is 34.1 Å². The number of nitrogens with one attached hydrogen (secondary N) is 1. The van der Waals surface area contributed by atoms with Crippen molar-refractivity contribution in [2.24, 2.45) is 0 Å². The van der Waals surface area contributed by atoms with E-state index in [1.165, 1.54) is 7.11 Å². The van der Waals surface area contributed by atoms with Gasteiger partial charge in [-0.2, -0.15) is 9.97 Å². The minimum atomic E-state index is 0.214. The molecule has 0 unspecified atom stereocenters. The van der Waals surface area contributed by atoms with Crippen LogP contribution < -0.4 is 14.8 Å². The molecule has 112 valence electrons. The third kappa shape index (κ3) is 3.81. The second-order valence-electron chi connectivity index (χ2n) is 4.75. The second-order valence-corrected chi connectivity index (χ2v) is 4.75. The van der Waals surface area contributed by atoms with Gasteiger partial charge in [0.1, 0.15) is 5.75 Å². The predicted octanol–water partition coefficient (Wildman–Crippen LogP) is 3.23. The van der Waals surface area contributed by atoms with Crippen LogP contribution in [0.1, 0.15) is 32.3 Å². The molecule has 0 spiro atoms. The standard InChI is InChI=1S/C15H20N4O2/c1-5-16-13-17-14(20-4)19-15(18-13)21-12-9-7-6-8-11(12)10(2)3/h6-10H,5H2,1-4H3,(H,16,17,18,19). The van der Waals surface area contributed by atoms with E-state index in [1.54, 1.807) is 0 Å². The van der Waals surface area contributed by atoms with Crippen LogP contribution in [0.2, 0.25) is 0 Å². The molecule has 0 aliphatic rings. The molecule has 1 aromatic carbocycles. The lowest BCUT2D eigenvalue weighted by atomic mass is 10.0. The zero-order valence-corrected chi connectivity index (χ0v) is 12.8. The Balaban J connectivity index is 2.32. The van der Waals surface area contributed by atoms with Crippen LogP contribution >= 0.6 is 0 Å². The van der Waals surface area contributed by atoms with E-state index in [0.717, 1.165) is 11.3 Å². The molecule has 0 atom stereocenters. The van der Waals surface area contributed by atoms with Gasteiger partial charge in [-0.25, -0.2) is 0 Å². The van der Waals surface area contributed by atoms with Crippen LogP contribution in [-0.2, 0) is 0 Å². The Hall–Kier alpha value is -2.37. The summed E-state index contributed by atoms with van der Waals surface area (Å²) in [6.45, 7) is 6.89. The number of rotatable bonds is 6. The van der Waals surface area contributed by atoms with E-state index >= 15 is 0 Å². The third-order valence-corrected chi connectivity index (χ3v) is 2.85. The van der Waals surface area contributed by atoms with Crippen LogP contribution in [0.4, 0.5) is 5.95 Å². The maximum absolute atomic E-state index is 5.82. The average molecular weight is 288 g/mol. The molecule has 2 rings (SSSR count). The fourth-order valence-corrected chi connectivity index (χ4v) is 1.86. The molecule has 1 aromatic heterocycles. The molecule has 0 aliphatic heterocycles. The Morgan fingerprint density at radius 1 is 1.10 bits per heavy atom. The summed E-state index contributed by atoms with van der Waals surface area (Å²) in [6, 6.07) is 8.27. The van der Waals surface area contributed by atoms with Crippen LogP contribution in [0.5, 0.6) is 17.8 Å². The summed E-state index contributed by atoms with van der Waals surface area (Å²) >= 11 is 0. The van der Waals surface area contributed by atoms with Crippen LogP contribution in [0.3, 0.4) is 0 Å². The molecular formula is C15H20N4O2. The van der Waals surface area contributed by atoms with Gasteiger partial charge < -0.3 is 14.8 Å². The fraction of sp³-hybridized carbons (Fsp3) is 0.400. The van der Waals surface area contributed by atoms with Crippen molar-refractivity contribution < 1.29 is 9.47 Å². The topological polar surface area (TPSA) is 69.2 Å². The quantitative estimate of drug-likeness (QED) is 0.880. The highest BCUT2D eigenvalue weighted by molar-refractivity contribution is 5.38. The SMILES string of the molecule is CCNc1nc(OC)nc(Oc2ccccc2C(C)C)n1. The zero-order valence-electron chi connectivity index (χ0n) is 12.8. The van der Waals surface area contributed by atoms with Gasteiger partial charge in [-0.1, -0.05) is 32.0 Å². The third-order valence-electron chi connectivity index (χ3n) is 2.85. The molecule has 21 heavy (non-hydrogen) atoms. The normalized spacial score (nSPS) is 10.5. The van der Waals surface area contributed by atoms with E-state index in [1.807, 2.05) is 31.2 Å². The first kappa shape index (κ1) is 15.0. The second kappa shape index (κ2) is 6.88. The van der Waals surface area contributed by atoms with Crippen molar-refractivity contribution in [3.63, 3.8) is 0 Å². The molecule has 1 heterocycles. The highest BCUT2D eigenvalue weighted by Gasteiger charge is 2.12. The number of hydrogen-bond donors (Lipinski definition) is 1. The highest BCUT2D eigenvalue weighted by atomic mass is 16.5. The summed E-state index contributed by atoms with van der Waals surface area (Å²) in [5.74, 6) is 1.52. The summed E-state index contributed by atoms with van der Waals surface area (Å²) in [4.78, 5) is 12.5. The van der Waals surface area contributed by atoms with Crippen LogP contribution in [0.25, 0.3) is 0 Å². The molecule has 2 aromatic rings. The van der Waals surface area contributed by atoms with Crippen molar-refractivity contribution in [1.82, 2.24) is 15.0 Å². The van der Waals surface area contributed by atoms with Crippen molar-refractivity contribution in [3.05, 3.63) is 29.8 Å². The number of methoxy groups -OCH3 is 1. The zero-order chi connectivity index (χ0) is 15.2. The van der Waals surface area contributed by atoms with Crippen molar-refractivity contribution >= 4 is 5.95 Å². The van der Waals surface area contributed by atoms with Gasteiger partial charge in [0, 0.05) is 6.54 Å². The van der Waals surface area contributed by atoms with Crippen LogP contribution in [0, 0.1) is 0 Å². The summed E-state index contributed by atoms with van der Waals surface area (Å²) in [6.07, 6.45) is 0. The van der Waals surface area contributed by atoms with E-state index in [-0.39, 0.29) is 12.0 Å². The predicted molar refractivity (Wildman–Crippen MR) is 81.1 cm³/mol. The number of aromatic nitrogens is 3. The Bertz CT molecular complexity index is 602. The maximum atomic E-state index is 5.82. The monoisotopic (exact) mass is 288 g/mol. The molecule has 6 nitrogen and oxygen atoms in total. The molecule has 6 heteroatoms. The van der Waals surface area contributed by atoms with Gasteiger partial charge in [0.05, 0.1) is 7.11 Å². The molecule has 0 amide bonds. The summed E-state index contributed by atoms with van der Waals surface area (Å²) < 4.78 is 10.9. The van der Waals surface area contributed by atoms with Crippen LogP contribution in [0.15, 0.2) is 24.3 Å². The first-order valence-electron chi connectivity index (χ1n) is 6.94. The van der Waals surface area contributed by atoms with E-state index in [9.17, 15) is 0 Å². The van der Waals surface area contributed by atoms with Gasteiger partial charge >= 0.3 is 12.0 Å². The Kier molecular flexibility index (Phi) is 4.92. The number of anilines is 1. The molecule has 0 radical (unpaired) electrons. The minimum Gasteiger partial charge on any atom is -0.467 e. The Morgan fingerprint density at radius 3 is 2.48 bits per heavy atom. The van der Waals surface area contributed by atoms with E-state index in [4.69, 9.17) is 9.47 Å². The molecule has 0 saturated carbocycles. The van der Waals surface area contributed by atoms with Crippen molar-refractivity contribution in [2.75, 3.05) is 19.0 Å². The largest absolute Gasteiger partial charge is 0.467 e. The van der Waals surface area contributed by atoms with Gasteiger partial charge in [-0.3, -0.25) is 0 Å². The lowest BCUT2D eigenvalue weighted by Gasteiger charge is -2.13. The first-order valence-corrected chi connectivity index (χ1v) is 6.94. The van der Waals surface area contributed by atoms with Crippen molar-refractivity contribution in [3.8, 4) is 17.8 Å². The van der Waals surface area contributed by atoms with Gasteiger partial charge in [0.2, 0.25) is 5.95 Å². The number of para-hydroxylation sites is 1. The van der Waals surface area contributed by atoms with Gasteiger partial charge in [0.15, 0.2) is 0 Å². The lowest BCUT2D eigenvalue weighted by molar-refractivity contribution is 0.359. The van der Waals surface area contributed by atoms with Gasteiger partial charge in [0.25, 0.3) is 0 Å². The Labute approximate surface area is 124 Å². The molecule has 0 aliphatic carbocycles. The minimum absolute atomic E-state index is 0.214. The molecular weight excluding hydrogens is 268 g/mol. The first-order chi connectivity index (χ1) is 10.1. The number of benzene rings is 1. The van der Waals surface area contributed by atoms with E-state index in [0.29, 0.717) is 18.4 Å². The summed E-state index contributed by atoms with van der Waals surface area (Å²) in [5, 5.41) is 3.02. The smallest absolute Gasteiger partial charge is 0.330 e. The number of ether oxygens (including phenoxy) is 2. The summed E-state index contributed by atoms with van der Waals surface area (Å²) in [5.41, 5.74) is 1.10. The van der Waals surface area contributed by atoms with Crippen LogP contribution in [-0.4, -0.2) is 28.6 Å². The molecule has 0 fully saturated rings. The van der Waals surface area contributed by atoms with Crippen molar-refractivity contribution in [2.45, 2.75) is 26.7 Å². The maximum Gasteiger partial charge on any atom is 0.330 e. The molecule has 1 N–H and O–H groups in total.